The third-order valence-electron chi connectivity index (χ3n) is 11.6. The molecule has 7 rings (SSSR count). The Labute approximate surface area is 405 Å². The summed E-state index contributed by atoms with van der Waals surface area (Å²) in [5.41, 5.74) is 1.95. The Morgan fingerprint density at radius 2 is 1.43 bits per heavy atom. The Kier molecular flexibility index (Phi) is 17.3. The van der Waals surface area contributed by atoms with Crippen LogP contribution in [0.2, 0.25) is 0 Å². The molecule has 0 N–H and O–H groups in total. The van der Waals surface area contributed by atoms with Crippen molar-refractivity contribution in [2.24, 2.45) is 0 Å². The summed E-state index contributed by atoms with van der Waals surface area (Å²) in [4.78, 5) is 29.0. The summed E-state index contributed by atoms with van der Waals surface area (Å²) in [6, 6.07) is 36.8. The minimum Gasteiger partial charge on any atom is -0.497 e. The smallest absolute Gasteiger partial charge is 0.266 e. The van der Waals surface area contributed by atoms with E-state index in [4.69, 9.17) is 48.9 Å². The van der Waals surface area contributed by atoms with Crippen molar-refractivity contribution in [2.75, 3.05) is 52.6 Å². The summed E-state index contributed by atoms with van der Waals surface area (Å²) < 4.78 is 55.4. The predicted octanol–water partition coefficient (Wildman–Crippen LogP) is 8.47. The Balaban J connectivity index is 1.32. The third-order valence-corrected chi connectivity index (χ3v) is 13.7. The van der Waals surface area contributed by atoms with Crippen LogP contribution in [0.3, 0.4) is 0 Å². The van der Waals surface area contributed by atoms with Crippen LogP contribution < -0.4 is 19.1 Å². The van der Waals surface area contributed by atoms with Gasteiger partial charge >= 0.3 is 0 Å². The van der Waals surface area contributed by atoms with E-state index in [1.165, 1.54) is 11.2 Å². The molecule has 1 aliphatic heterocycles. The number of aromatic nitrogens is 4. The fraction of sp³-hybridized carbons (Fsp3) is 0.365. The highest BCUT2D eigenvalue weighted by Crippen LogP contribution is 2.51. The van der Waals surface area contributed by atoms with Crippen LogP contribution in [0.25, 0.3) is 11.2 Å². The van der Waals surface area contributed by atoms with Gasteiger partial charge in [-0.3, -0.25) is 14.3 Å². The van der Waals surface area contributed by atoms with Gasteiger partial charge < -0.3 is 37.5 Å². The van der Waals surface area contributed by atoms with Gasteiger partial charge in [0.15, 0.2) is 29.8 Å². The van der Waals surface area contributed by atoms with E-state index in [2.05, 4.69) is 54.3 Å². The second kappa shape index (κ2) is 23.7. The molecule has 1 unspecified atom stereocenters. The van der Waals surface area contributed by atoms with Gasteiger partial charge in [-0.1, -0.05) is 78.7 Å². The van der Waals surface area contributed by atoms with Crippen LogP contribution in [0.1, 0.15) is 57.0 Å². The van der Waals surface area contributed by atoms with Gasteiger partial charge in [0.2, 0.25) is 0 Å². The minimum atomic E-state index is -1.81. The van der Waals surface area contributed by atoms with E-state index >= 15 is 0 Å². The zero-order chi connectivity index (χ0) is 48.9. The SMILES string of the molecule is C#CCN(C(=O)COc1ccccc1)c1ncnc2c1ncn2[C@@H]1O[C@H](COC(c2ccccc2)(c2ccc(OC)cc2)c2ccc(OC)cc2)[C@@H](OP(OCCC#N)N(C(C)C)C(C)C)[C@H]1OC. The summed E-state index contributed by atoms with van der Waals surface area (Å²) >= 11 is 0. The Hall–Kier alpha value is -6.46. The number of amides is 1. The van der Waals surface area contributed by atoms with Gasteiger partial charge in [0.05, 0.1) is 52.8 Å². The van der Waals surface area contributed by atoms with E-state index in [-0.39, 0.29) is 50.7 Å². The largest absolute Gasteiger partial charge is 0.497 e. The number of terminal acetylenes is 1. The number of fused-ring (bicyclic) bond motifs is 1. The van der Waals surface area contributed by atoms with Gasteiger partial charge in [0.1, 0.15) is 47.5 Å². The standard InChI is InChI=1S/C52H58N7O9P/c1-9-30-57(45(60)33-64-43-19-14-11-15-20-43)49-46-50(55-34-54-49)58(35-56-46)51-48(63-8)47(68-69(66-31-16-29-53)59(36(2)3)37(4)5)44(67-51)32-65-52(38-17-12-10-13-18-38,39-21-25-41(61-6)26-22-39)40-23-27-42(62-7)28-24-40/h1,10-15,17-28,34-37,44,47-48,51H,16,30-33H2,2-8H3/t44-,47-,48-,51-,69?/m1/s1. The average Bonchev–Trinajstić information content (AvgIpc) is 3.96. The average molecular weight is 956 g/mol. The van der Waals surface area contributed by atoms with Gasteiger partial charge in [-0.05, 0) is 80.8 Å². The van der Waals surface area contributed by atoms with Gasteiger partial charge in [-0.2, -0.15) is 5.26 Å². The maximum atomic E-state index is 13.8. The number of carbonyl (C=O) groups excluding carboxylic acids is 1. The molecule has 360 valence electrons. The maximum absolute atomic E-state index is 13.8. The lowest BCUT2D eigenvalue weighted by Crippen LogP contribution is -2.42. The molecule has 1 amide bonds. The summed E-state index contributed by atoms with van der Waals surface area (Å²) in [5, 5.41) is 9.54. The number of benzene rings is 4. The number of para-hydroxylation sites is 1. The van der Waals surface area contributed by atoms with Crippen molar-refractivity contribution >= 4 is 31.4 Å². The lowest BCUT2D eigenvalue weighted by atomic mass is 9.80. The summed E-state index contributed by atoms with van der Waals surface area (Å²) in [7, 11) is 3.04. The number of nitrogens with zero attached hydrogens (tertiary/aromatic N) is 7. The molecular formula is C52H58N7O9P. The van der Waals surface area contributed by atoms with Crippen molar-refractivity contribution < 1.29 is 42.3 Å². The number of rotatable bonds is 23. The van der Waals surface area contributed by atoms with Gasteiger partial charge in [-0.25, -0.2) is 19.6 Å². The van der Waals surface area contributed by atoms with E-state index in [1.54, 1.807) is 44.4 Å². The van der Waals surface area contributed by atoms with E-state index in [0.29, 0.717) is 28.4 Å². The van der Waals surface area contributed by atoms with Crippen molar-refractivity contribution in [3.05, 3.63) is 139 Å². The second-order valence-electron chi connectivity index (χ2n) is 16.5. The van der Waals surface area contributed by atoms with Crippen LogP contribution in [0, 0.1) is 23.7 Å². The van der Waals surface area contributed by atoms with Crippen molar-refractivity contribution in [2.45, 2.75) is 76.3 Å². The van der Waals surface area contributed by atoms with Crippen LogP contribution in [0.4, 0.5) is 5.82 Å². The Bertz CT molecular complexity index is 2600. The molecule has 16 nitrogen and oxygen atoms in total. The first-order valence-electron chi connectivity index (χ1n) is 22.6. The molecule has 0 bridgehead atoms. The van der Waals surface area contributed by atoms with E-state index in [1.807, 2.05) is 97.1 Å². The number of anilines is 1. The Morgan fingerprint density at radius 3 is 2.00 bits per heavy atom. The number of methoxy groups -OCH3 is 3. The summed E-state index contributed by atoms with van der Waals surface area (Å²) in [6.45, 7) is 8.01. The van der Waals surface area contributed by atoms with Gasteiger partial charge in [0, 0.05) is 19.2 Å². The van der Waals surface area contributed by atoms with Crippen molar-refractivity contribution in [1.29, 1.82) is 5.26 Å². The highest BCUT2D eigenvalue weighted by atomic mass is 31.2. The number of carbonyl (C=O) groups is 1. The molecule has 3 heterocycles. The second-order valence-corrected chi connectivity index (χ2v) is 17.9. The molecule has 0 aliphatic carbocycles. The molecule has 69 heavy (non-hydrogen) atoms. The normalized spacial score (nSPS) is 17.4. The van der Waals surface area contributed by atoms with Gasteiger partial charge in [-0.15, -0.1) is 6.42 Å². The molecule has 1 saturated heterocycles. The molecule has 6 aromatic rings. The highest BCUT2D eigenvalue weighted by molar-refractivity contribution is 7.44. The van der Waals surface area contributed by atoms with Gasteiger partial charge in [0.25, 0.3) is 14.4 Å². The number of nitriles is 1. The predicted molar refractivity (Wildman–Crippen MR) is 262 cm³/mol. The van der Waals surface area contributed by atoms with E-state index < -0.39 is 44.6 Å². The first-order chi connectivity index (χ1) is 33.6. The molecule has 2 aromatic heterocycles. The van der Waals surface area contributed by atoms with Crippen LogP contribution in [-0.4, -0.2) is 108 Å². The van der Waals surface area contributed by atoms with Crippen LogP contribution in [0.5, 0.6) is 17.2 Å². The van der Waals surface area contributed by atoms with Crippen LogP contribution in [-0.2, 0) is 33.7 Å². The zero-order valence-corrected chi connectivity index (χ0v) is 40.8. The molecule has 5 atom stereocenters. The summed E-state index contributed by atoms with van der Waals surface area (Å²) in [6.07, 6.45) is 5.52. The topological polar surface area (TPSA) is 165 Å². The molecule has 1 aliphatic rings. The fourth-order valence-electron chi connectivity index (χ4n) is 8.46. The first kappa shape index (κ1) is 50.4. The molecule has 0 saturated carbocycles. The Morgan fingerprint density at radius 1 is 0.826 bits per heavy atom. The van der Waals surface area contributed by atoms with E-state index in [9.17, 15) is 10.1 Å². The summed E-state index contributed by atoms with van der Waals surface area (Å²) in [5.74, 6) is 4.24. The number of imidazole rings is 1. The fourth-order valence-corrected chi connectivity index (χ4v) is 10.2. The number of hydrogen-bond donors (Lipinski definition) is 0. The monoisotopic (exact) mass is 955 g/mol. The van der Waals surface area contributed by atoms with Crippen LogP contribution in [0.15, 0.2) is 122 Å². The van der Waals surface area contributed by atoms with E-state index in [0.717, 1.165) is 16.7 Å². The lowest BCUT2D eigenvalue weighted by molar-refractivity contribution is -0.120. The van der Waals surface area contributed by atoms with Crippen molar-refractivity contribution in [3.63, 3.8) is 0 Å². The van der Waals surface area contributed by atoms with Crippen molar-refractivity contribution in [1.82, 2.24) is 24.2 Å². The quantitative estimate of drug-likeness (QED) is 0.0260. The minimum absolute atomic E-state index is 0.00218. The number of ether oxygens (including phenoxy) is 6. The molecule has 1 fully saturated rings. The lowest BCUT2D eigenvalue weighted by Gasteiger charge is -2.39. The molecule has 4 aromatic carbocycles. The number of hydrogen-bond acceptors (Lipinski definition) is 14. The van der Waals surface area contributed by atoms with Crippen molar-refractivity contribution in [3.8, 4) is 35.7 Å². The first-order valence-corrected chi connectivity index (χ1v) is 23.7. The zero-order valence-electron chi connectivity index (χ0n) is 39.9. The maximum Gasteiger partial charge on any atom is 0.266 e. The highest BCUT2D eigenvalue weighted by Gasteiger charge is 2.51. The molecule has 0 spiro atoms. The molecular weight excluding hydrogens is 898 g/mol. The third kappa shape index (κ3) is 11.2. The molecule has 17 heteroatoms. The molecule has 0 radical (unpaired) electrons. The van der Waals surface area contributed by atoms with Crippen LogP contribution >= 0.6 is 8.53 Å².